The largest absolute Gasteiger partial charge is 0.480 e. The molecule has 18 heavy (non-hydrogen) atoms. The molecule has 1 rings (SSSR count). The lowest BCUT2D eigenvalue weighted by Crippen LogP contribution is -2.23. The molecule has 0 aliphatic heterocycles. The lowest BCUT2D eigenvalue weighted by atomic mass is 9.98. The molecule has 0 saturated carbocycles. The summed E-state index contributed by atoms with van der Waals surface area (Å²) in [6, 6.07) is 0. The van der Waals surface area contributed by atoms with Gasteiger partial charge in [-0.05, 0) is 22.9 Å². The predicted molar refractivity (Wildman–Crippen MR) is 61.3 cm³/mol. The third kappa shape index (κ3) is 2.45. The van der Waals surface area contributed by atoms with E-state index in [1.54, 1.807) is 0 Å². The van der Waals surface area contributed by atoms with Gasteiger partial charge < -0.3 is 10.2 Å². The molecule has 96 valence electrons. The van der Waals surface area contributed by atoms with Crippen LogP contribution in [0, 0.1) is 17.0 Å². The molecule has 0 aromatic carbocycles. The van der Waals surface area contributed by atoms with Crippen molar-refractivity contribution in [2.24, 2.45) is 0 Å². The molecule has 0 unspecified atom stereocenters. The first-order chi connectivity index (χ1) is 8.27. The standard InChI is InChI=1S/C9H7BrN2O6/c1-3-7(12(17)18)5(4(10)2-11-3)6(8(13)14)9(15)16/h2,6H,1H3,(H,13,14)(H,15,16). The molecular formula is C9H7BrN2O6. The molecule has 0 bridgehead atoms. The SMILES string of the molecule is Cc1ncc(Br)c(C(C(=O)O)C(=O)O)c1[N+](=O)[O-]. The first-order valence-electron chi connectivity index (χ1n) is 4.52. The summed E-state index contributed by atoms with van der Waals surface area (Å²) in [4.78, 5) is 35.6. The minimum Gasteiger partial charge on any atom is -0.480 e. The second-order valence-electron chi connectivity index (χ2n) is 3.32. The average Bonchev–Trinajstić information content (AvgIpc) is 2.21. The quantitative estimate of drug-likeness (QED) is 0.486. The second kappa shape index (κ2) is 5.08. The van der Waals surface area contributed by atoms with Crippen molar-refractivity contribution in [1.29, 1.82) is 0 Å². The van der Waals surface area contributed by atoms with E-state index >= 15 is 0 Å². The topological polar surface area (TPSA) is 131 Å². The number of pyridine rings is 1. The Morgan fingerprint density at radius 2 is 1.94 bits per heavy atom. The summed E-state index contributed by atoms with van der Waals surface area (Å²) in [5.74, 6) is -5.39. The molecule has 9 heteroatoms. The van der Waals surface area contributed by atoms with Crippen LogP contribution >= 0.6 is 15.9 Å². The van der Waals surface area contributed by atoms with Crippen LogP contribution in [0.2, 0.25) is 0 Å². The summed E-state index contributed by atoms with van der Waals surface area (Å²) in [5, 5.41) is 28.7. The maximum absolute atomic E-state index is 10.9. The first-order valence-corrected chi connectivity index (χ1v) is 5.31. The molecule has 0 radical (unpaired) electrons. The Balaban J connectivity index is 3.65. The van der Waals surface area contributed by atoms with E-state index < -0.39 is 34.0 Å². The highest BCUT2D eigenvalue weighted by Gasteiger charge is 2.37. The van der Waals surface area contributed by atoms with E-state index in [1.165, 1.54) is 6.92 Å². The summed E-state index contributed by atoms with van der Waals surface area (Å²) < 4.78 is -0.0328. The normalized spacial score (nSPS) is 10.4. The second-order valence-corrected chi connectivity index (χ2v) is 4.17. The molecule has 0 aliphatic rings. The number of carboxylic acid groups (broad SMARTS) is 2. The molecule has 0 saturated heterocycles. The van der Waals surface area contributed by atoms with Crippen molar-refractivity contribution in [3.8, 4) is 0 Å². The van der Waals surface area contributed by atoms with Crippen LogP contribution in [0.1, 0.15) is 17.2 Å². The Hall–Kier alpha value is -2.03. The van der Waals surface area contributed by atoms with Crippen molar-refractivity contribution >= 4 is 33.6 Å². The number of aromatic nitrogens is 1. The molecule has 1 aromatic heterocycles. The fourth-order valence-corrected chi connectivity index (χ4v) is 1.97. The van der Waals surface area contributed by atoms with E-state index in [0.717, 1.165) is 6.20 Å². The Bertz CT molecular complexity index is 530. The molecule has 0 spiro atoms. The van der Waals surface area contributed by atoms with Gasteiger partial charge in [0.15, 0.2) is 5.92 Å². The predicted octanol–water partition coefficient (Wildman–Crippen LogP) is 1.31. The summed E-state index contributed by atoms with van der Waals surface area (Å²) >= 11 is 2.89. The number of hydrogen-bond donors (Lipinski definition) is 2. The van der Waals surface area contributed by atoms with Gasteiger partial charge in [0, 0.05) is 10.7 Å². The third-order valence-corrected chi connectivity index (χ3v) is 2.82. The summed E-state index contributed by atoms with van der Waals surface area (Å²) in [6.07, 6.45) is 1.14. The van der Waals surface area contributed by atoms with Crippen molar-refractivity contribution in [3.63, 3.8) is 0 Å². The number of nitrogens with zero attached hydrogens (tertiary/aromatic N) is 2. The lowest BCUT2D eigenvalue weighted by molar-refractivity contribution is -0.386. The third-order valence-electron chi connectivity index (χ3n) is 2.19. The number of nitro groups is 1. The molecule has 0 amide bonds. The van der Waals surface area contributed by atoms with Crippen molar-refractivity contribution in [2.45, 2.75) is 12.8 Å². The van der Waals surface area contributed by atoms with Crippen molar-refractivity contribution in [3.05, 3.63) is 32.0 Å². The number of hydrogen-bond acceptors (Lipinski definition) is 5. The fraction of sp³-hybridized carbons (Fsp3) is 0.222. The minimum absolute atomic E-state index is 0.0328. The van der Waals surface area contributed by atoms with Crippen molar-refractivity contribution in [1.82, 2.24) is 4.98 Å². The summed E-state index contributed by atoms with van der Waals surface area (Å²) in [5.41, 5.74) is -1.09. The lowest BCUT2D eigenvalue weighted by Gasteiger charge is -2.11. The van der Waals surface area contributed by atoms with Crippen LogP contribution in [0.15, 0.2) is 10.7 Å². The summed E-state index contributed by atoms with van der Waals surface area (Å²) in [6.45, 7) is 1.30. The molecular weight excluding hydrogens is 312 g/mol. The number of aryl methyl sites for hydroxylation is 1. The maximum Gasteiger partial charge on any atom is 0.322 e. The van der Waals surface area contributed by atoms with E-state index in [1.807, 2.05) is 0 Å². The van der Waals surface area contributed by atoms with Crippen LogP contribution in [-0.4, -0.2) is 32.1 Å². The molecule has 8 nitrogen and oxygen atoms in total. The monoisotopic (exact) mass is 318 g/mol. The smallest absolute Gasteiger partial charge is 0.322 e. The van der Waals surface area contributed by atoms with Gasteiger partial charge in [0.1, 0.15) is 5.69 Å². The Labute approximate surface area is 109 Å². The number of halogens is 1. The van der Waals surface area contributed by atoms with Crippen LogP contribution < -0.4 is 0 Å². The van der Waals surface area contributed by atoms with Gasteiger partial charge in [-0.2, -0.15) is 0 Å². The van der Waals surface area contributed by atoms with E-state index in [4.69, 9.17) is 10.2 Å². The van der Waals surface area contributed by atoms with E-state index in [9.17, 15) is 19.7 Å². The van der Waals surface area contributed by atoms with E-state index in [0.29, 0.717) is 0 Å². The highest BCUT2D eigenvalue weighted by Crippen LogP contribution is 2.35. The van der Waals surface area contributed by atoms with Crippen molar-refractivity contribution in [2.75, 3.05) is 0 Å². The average molecular weight is 319 g/mol. The Morgan fingerprint density at radius 1 is 1.44 bits per heavy atom. The molecule has 0 fully saturated rings. The number of rotatable bonds is 4. The number of carboxylic acids is 2. The summed E-state index contributed by atoms with van der Waals surface area (Å²) in [7, 11) is 0. The zero-order valence-electron chi connectivity index (χ0n) is 8.95. The highest BCUT2D eigenvalue weighted by molar-refractivity contribution is 9.10. The molecule has 1 heterocycles. The maximum atomic E-state index is 10.9. The zero-order valence-corrected chi connectivity index (χ0v) is 10.5. The Kier molecular flexibility index (Phi) is 3.96. The molecule has 0 aliphatic carbocycles. The van der Waals surface area contributed by atoms with Gasteiger partial charge in [-0.15, -0.1) is 0 Å². The van der Waals surface area contributed by atoms with Crippen LogP contribution in [0.3, 0.4) is 0 Å². The minimum atomic E-state index is -2.03. The van der Waals surface area contributed by atoms with Crippen LogP contribution in [-0.2, 0) is 9.59 Å². The van der Waals surface area contributed by atoms with Gasteiger partial charge in [0.2, 0.25) is 0 Å². The van der Waals surface area contributed by atoms with Gasteiger partial charge in [-0.25, -0.2) is 0 Å². The molecule has 1 aromatic rings. The van der Waals surface area contributed by atoms with Crippen LogP contribution in [0.25, 0.3) is 0 Å². The fourth-order valence-electron chi connectivity index (χ4n) is 1.45. The highest BCUT2D eigenvalue weighted by atomic mass is 79.9. The molecule has 2 N–H and O–H groups in total. The van der Waals surface area contributed by atoms with Gasteiger partial charge >= 0.3 is 11.9 Å². The molecule has 0 atom stereocenters. The van der Waals surface area contributed by atoms with Crippen LogP contribution in [0.5, 0.6) is 0 Å². The van der Waals surface area contributed by atoms with E-state index in [-0.39, 0.29) is 10.2 Å². The van der Waals surface area contributed by atoms with Gasteiger partial charge in [0.05, 0.1) is 10.5 Å². The zero-order chi connectivity index (χ0) is 14.0. The Morgan fingerprint density at radius 3 is 2.33 bits per heavy atom. The van der Waals surface area contributed by atoms with Gasteiger partial charge in [-0.3, -0.25) is 24.7 Å². The first kappa shape index (κ1) is 14.0. The van der Waals surface area contributed by atoms with E-state index in [2.05, 4.69) is 20.9 Å². The van der Waals surface area contributed by atoms with Gasteiger partial charge in [0.25, 0.3) is 5.69 Å². The van der Waals surface area contributed by atoms with Gasteiger partial charge in [-0.1, -0.05) is 0 Å². The van der Waals surface area contributed by atoms with Crippen molar-refractivity contribution < 1.29 is 24.7 Å². The van der Waals surface area contributed by atoms with Crippen LogP contribution in [0.4, 0.5) is 5.69 Å². The number of carbonyl (C=O) groups is 2. The number of aliphatic carboxylic acids is 2.